The molecule has 0 atom stereocenters. The van der Waals surface area contributed by atoms with Crippen molar-refractivity contribution < 1.29 is 71.9 Å². The molecule has 54 valence electrons. The second kappa shape index (κ2) is 22.4. The van der Waals surface area contributed by atoms with E-state index >= 15 is 0 Å². The number of hydrogen-bond acceptors (Lipinski definition) is 1. The summed E-state index contributed by atoms with van der Waals surface area (Å²) in [5.74, 6) is -0.981. The minimum Gasteiger partial charge on any atom is -1.00 e. The number of aliphatic carboxylic acids is 1. The zero-order valence-electron chi connectivity index (χ0n) is 9.21. The zero-order valence-corrected chi connectivity index (χ0v) is 11.2. The van der Waals surface area contributed by atoms with E-state index in [-0.39, 0.29) is 62.0 Å². The fourth-order valence-electron chi connectivity index (χ4n) is 0. The standard InChI is InChI=1S/C4H6.C3H4O2.2Na.2H/c1-3-4-2;1-2-3(4)5;;;;/h3-4H,1-2H2;2H,1H2,(H,4,5);;;;/q;;2*+1;2*-1. The van der Waals surface area contributed by atoms with Crippen molar-refractivity contribution in [2.45, 2.75) is 0 Å². The topological polar surface area (TPSA) is 37.3 Å². The molecule has 0 bridgehead atoms. The van der Waals surface area contributed by atoms with Crippen LogP contribution in [-0.2, 0) is 4.79 Å². The molecule has 0 saturated heterocycles. The third-order valence-corrected chi connectivity index (χ3v) is 0.341. The number of rotatable bonds is 2. The first-order chi connectivity index (χ1) is 4.18. The molecule has 0 amide bonds. The third-order valence-electron chi connectivity index (χ3n) is 0.341. The second-order valence-corrected chi connectivity index (χ2v) is 1.01. The molecule has 0 unspecified atom stereocenters. The Morgan fingerprint density at radius 3 is 1.36 bits per heavy atom. The Bertz CT molecular complexity index is 124. The minimum atomic E-state index is -0.981. The summed E-state index contributed by atoms with van der Waals surface area (Å²) in [6.07, 6.45) is 4.11. The van der Waals surface area contributed by atoms with E-state index in [1.807, 2.05) is 0 Å². The smallest absolute Gasteiger partial charge is 1.00 e. The molecule has 0 aliphatic carbocycles. The van der Waals surface area contributed by atoms with Crippen molar-refractivity contribution in [1.82, 2.24) is 0 Å². The maximum atomic E-state index is 9.25. The molecule has 0 saturated carbocycles. The molecule has 2 nitrogen and oxygen atoms in total. The van der Waals surface area contributed by atoms with Crippen LogP contribution in [0.5, 0.6) is 0 Å². The summed E-state index contributed by atoms with van der Waals surface area (Å²) >= 11 is 0. The van der Waals surface area contributed by atoms with Gasteiger partial charge in [-0.15, -0.1) is 0 Å². The van der Waals surface area contributed by atoms with E-state index in [9.17, 15) is 4.79 Å². The van der Waals surface area contributed by atoms with Crippen molar-refractivity contribution in [3.8, 4) is 0 Å². The summed E-state index contributed by atoms with van der Waals surface area (Å²) < 4.78 is 0. The average Bonchev–Trinajstić information content (AvgIpc) is 1.89. The summed E-state index contributed by atoms with van der Waals surface area (Å²) in [4.78, 5) is 9.25. The second-order valence-electron chi connectivity index (χ2n) is 1.01. The van der Waals surface area contributed by atoms with Crippen LogP contribution >= 0.6 is 0 Å². The summed E-state index contributed by atoms with van der Waals surface area (Å²) in [6.45, 7) is 9.68. The van der Waals surface area contributed by atoms with Crippen molar-refractivity contribution in [1.29, 1.82) is 0 Å². The van der Waals surface area contributed by atoms with Gasteiger partial charge in [-0.1, -0.05) is 31.9 Å². The first kappa shape index (κ1) is 22.6. The molecule has 0 spiro atoms. The van der Waals surface area contributed by atoms with Gasteiger partial charge in [0.05, 0.1) is 0 Å². The number of carbonyl (C=O) groups is 1. The number of hydrogen-bond donors (Lipinski definition) is 1. The first-order valence-corrected chi connectivity index (χ1v) is 2.27. The first-order valence-electron chi connectivity index (χ1n) is 2.27. The molecule has 0 radical (unpaired) electrons. The van der Waals surface area contributed by atoms with E-state index < -0.39 is 5.97 Å². The predicted molar refractivity (Wildman–Crippen MR) is 40.5 cm³/mol. The van der Waals surface area contributed by atoms with Crippen molar-refractivity contribution in [3.05, 3.63) is 38.0 Å². The van der Waals surface area contributed by atoms with Crippen LogP contribution < -0.4 is 59.1 Å². The summed E-state index contributed by atoms with van der Waals surface area (Å²) in [5, 5.41) is 7.60. The van der Waals surface area contributed by atoms with Crippen molar-refractivity contribution in [2.75, 3.05) is 0 Å². The Morgan fingerprint density at radius 1 is 1.18 bits per heavy atom. The van der Waals surface area contributed by atoms with Gasteiger partial charge in [0, 0.05) is 6.08 Å². The van der Waals surface area contributed by atoms with Crippen LogP contribution in [0.1, 0.15) is 2.85 Å². The van der Waals surface area contributed by atoms with Crippen LogP contribution in [0.15, 0.2) is 38.0 Å². The zero-order chi connectivity index (χ0) is 7.70. The van der Waals surface area contributed by atoms with Crippen LogP contribution in [-0.4, -0.2) is 11.1 Å². The van der Waals surface area contributed by atoms with Crippen molar-refractivity contribution in [2.24, 2.45) is 0 Å². The van der Waals surface area contributed by atoms with Gasteiger partial charge in [0.25, 0.3) is 0 Å². The average molecular weight is 174 g/mol. The van der Waals surface area contributed by atoms with Gasteiger partial charge >= 0.3 is 65.1 Å². The van der Waals surface area contributed by atoms with Crippen molar-refractivity contribution >= 4 is 5.97 Å². The molecule has 0 aromatic carbocycles. The van der Waals surface area contributed by atoms with Gasteiger partial charge < -0.3 is 7.96 Å². The molecule has 0 fully saturated rings. The fraction of sp³-hybridized carbons (Fsp3) is 0. The van der Waals surface area contributed by atoms with E-state index in [2.05, 4.69) is 19.7 Å². The Morgan fingerprint density at radius 2 is 1.36 bits per heavy atom. The van der Waals surface area contributed by atoms with E-state index in [1.165, 1.54) is 0 Å². The van der Waals surface area contributed by atoms with Crippen LogP contribution in [0.2, 0.25) is 0 Å². The third kappa shape index (κ3) is 59.3. The Kier molecular flexibility index (Phi) is 46.1. The van der Waals surface area contributed by atoms with Gasteiger partial charge in [0.15, 0.2) is 0 Å². The summed E-state index contributed by atoms with van der Waals surface area (Å²) in [7, 11) is 0. The monoisotopic (exact) mass is 174 g/mol. The molecular weight excluding hydrogens is 162 g/mol. The van der Waals surface area contributed by atoms with Gasteiger partial charge in [-0.3, -0.25) is 0 Å². The minimum absolute atomic E-state index is 0. The van der Waals surface area contributed by atoms with Gasteiger partial charge in [-0.05, 0) is 0 Å². The molecule has 11 heavy (non-hydrogen) atoms. The fourth-order valence-corrected chi connectivity index (χ4v) is 0. The molecule has 0 aromatic heterocycles. The molecule has 0 aliphatic heterocycles. The number of carboxylic acids is 1. The van der Waals surface area contributed by atoms with Crippen LogP contribution in [0.3, 0.4) is 0 Å². The molecule has 0 aliphatic rings. The maximum Gasteiger partial charge on any atom is 1.00 e. The number of carboxylic acid groups (broad SMARTS) is 1. The van der Waals surface area contributed by atoms with E-state index in [1.54, 1.807) is 12.2 Å². The molecule has 4 heteroatoms. The quantitative estimate of drug-likeness (QED) is 0.262. The Hall–Kier alpha value is 0.690. The Balaban J connectivity index is -0.0000000146. The maximum absolute atomic E-state index is 9.25. The predicted octanol–water partition coefficient (Wildman–Crippen LogP) is -4.15. The SMILES string of the molecule is C=CC(=O)O.C=CC=C.[H-].[H-].[Na+].[Na+]. The molecule has 0 rings (SSSR count). The molecule has 0 heterocycles. The van der Waals surface area contributed by atoms with Gasteiger partial charge in [-0.2, -0.15) is 0 Å². The van der Waals surface area contributed by atoms with E-state index in [0.717, 1.165) is 6.08 Å². The van der Waals surface area contributed by atoms with Crippen LogP contribution in [0.4, 0.5) is 0 Å². The van der Waals surface area contributed by atoms with Gasteiger partial charge in [0.1, 0.15) is 0 Å². The molecule has 1 N–H and O–H groups in total. The normalized spacial score (nSPS) is 4.73. The van der Waals surface area contributed by atoms with Crippen LogP contribution in [0.25, 0.3) is 0 Å². The van der Waals surface area contributed by atoms with Gasteiger partial charge in [-0.25, -0.2) is 4.79 Å². The van der Waals surface area contributed by atoms with Gasteiger partial charge in [0.2, 0.25) is 0 Å². The van der Waals surface area contributed by atoms with E-state index in [4.69, 9.17) is 5.11 Å². The largest absolute Gasteiger partial charge is 1.00 e. The van der Waals surface area contributed by atoms with Crippen molar-refractivity contribution in [3.63, 3.8) is 0 Å². The van der Waals surface area contributed by atoms with E-state index in [0.29, 0.717) is 0 Å². The molecular formula is C7H12Na2O2. The summed E-state index contributed by atoms with van der Waals surface area (Å²) in [6, 6.07) is 0. The Labute approximate surface area is 115 Å². The number of allylic oxidation sites excluding steroid dienone is 2. The van der Waals surface area contributed by atoms with Crippen LogP contribution in [0, 0.1) is 0 Å². The summed E-state index contributed by atoms with van der Waals surface area (Å²) in [5.41, 5.74) is 0. The molecule has 0 aromatic rings.